The van der Waals surface area contributed by atoms with Gasteiger partial charge >= 0.3 is 5.97 Å². The summed E-state index contributed by atoms with van der Waals surface area (Å²) in [6, 6.07) is 0. The van der Waals surface area contributed by atoms with Crippen molar-refractivity contribution >= 4 is 5.97 Å². The minimum atomic E-state index is -0.104. The van der Waals surface area contributed by atoms with E-state index in [4.69, 9.17) is 4.74 Å². The fraction of sp³-hybridized carbons (Fsp3) is 0.933. The molecule has 18 heavy (non-hydrogen) atoms. The van der Waals surface area contributed by atoms with E-state index >= 15 is 0 Å². The van der Waals surface area contributed by atoms with Crippen molar-refractivity contribution < 1.29 is 14.6 Å². The molecule has 0 aliphatic rings. The van der Waals surface area contributed by atoms with Crippen LogP contribution >= 0.6 is 0 Å². The molecule has 0 saturated carbocycles. The Bertz CT molecular complexity index is 218. The van der Waals surface area contributed by atoms with Crippen molar-refractivity contribution in [2.24, 2.45) is 11.3 Å². The van der Waals surface area contributed by atoms with E-state index in [1.54, 1.807) is 0 Å². The minimum Gasteiger partial charge on any atom is -0.466 e. The van der Waals surface area contributed by atoms with Gasteiger partial charge in [0.2, 0.25) is 0 Å². The monoisotopic (exact) mass is 258 g/mol. The van der Waals surface area contributed by atoms with Crippen LogP contribution in [0.25, 0.3) is 0 Å². The van der Waals surface area contributed by atoms with Gasteiger partial charge in [0.15, 0.2) is 0 Å². The average molecular weight is 258 g/mol. The van der Waals surface area contributed by atoms with Gasteiger partial charge in [0.25, 0.3) is 0 Å². The highest BCUT2D eigenvalue weighted by atomic mass is 16.5. The summed E-state index contributed by atoms with van der Waals surface area (Å²) in [4.78, 5) is 11.1. The average Bonchev–Trinajstić information content (AvgIpc) is 2.27. The molecule has 0 bridgehead atoms. The van der Waals surface area contributed by atoms with E-state index in [1.165, 1.54) is 0 Å². The fourth-order valence-corrected chi connectivity index (χ4v) is 1.90. The second kappa shape index (κ2) is 9.37. The summed E-state index contributed by atoms with van der Waals surface area (Å²) in [5.74, 6) is 0.277. The van der Waals surface area contributed by atoms with Gasteiger partial charge in [0.1, 0.15) is 0 Å². The Morgan fingerprint density at radius 3 is 2.39 bits per heavy atom. The third-order valence-electron chi connectivity index (χ3n) is 3.11. The molecule has 0 spiro atoms. The van der Waals surface area contributed by atoms with Crippen LogP contribution in [-0.4, -0.2) is 24.3 Å². The quantitative estimate of drug-likeness (QED) is 0.508. The lowest BCUT2D eigenvalue weighted by molar-refractivity contribution is -0.143. The Labute approximate surface area is 112 Å². The second-order valence-corrected chi connectivity index (χ2v) is 6.20. The Kier molecular flexibility index (Phi) is 9.08. The highest BCUT2D eigenvalue weighted by molar-refractivity contribution is 5.69. The van der Waals surface area contributed by atoms with E-state index < -0.39 is 0 Å². The number of carbonyl (C=O) groups is 1. The van der Waals surface area contributed by atoms with Crippen LogP contribution in [0.1, 0.15) is 66.2 Å². The molecule has 0 aliphatic carbocycles. The maximum absolute atomic E-state index is 11.1. The van der Waals surface area contributed by atoms with E-state index in [9.17, 15) is 9.90 Å². The summed E-state index contributed by atoms with van der Waals surface area (Å²) >= 11 is 0. The van der Waals surface area contributed by atoms with Crippen molar-refractivity contribution in [1.29, 1.82) is 0 Å². The summed E-state index contributed by atoms with van der Waals surface area (Å²) in [6.45, 7) is 9.22. The predicted octanol–water partition coefficient (Wildman–Crippen LogP) is 3.54. The second-order valence-electron chi connectivity index (χ2n) is 6.20. The molecule has 108 valence electrons. The van der Waals surface area contributed by atoms with Crippen molar-refractivity contribution in [1.82, 2.24) is 0 Å². The molecule has 0 saturated heterocycles. The number of aliphatic hydroxyl groups is 1. The number of aliphatic hydroxyl groups excluding tert-OH is 1. The van der Waals surface area contributed by atoms with Crippen molar-refractivity contribution in [3.05, 3.63) is 0 Å². The molecule has 0 amide bonds. The molecular formula is C15H30O3. The van der Waals surface area contributed by atoms with Crippen molar-refractivity contribution in [2.45, 2.75) is 66.2 Å². The van der Waals surface area contributed by atoms with Crippen LogP contribution in [0.3, 0.4) is 0 Å². The number of carbonyl (C=O) groups excluding carboxylic acids is 1. The van der Waals surface area contributed by atoms with Crippen molar-refractivity contribution in [2.75, 3.05) is 13.2 Å². The maximum Gasteiger partial charge on any atom is 0.305 e. The summed E-state index contributed by atoms with van der Waals surface area (Å²) in [7, 11) is 0. The van der Waals surface area contributed by atoms with Gasteiger partial charge < -0.3 is 9.84 Å². The van der Waals surface area contributed by atoms with E-state index in [2.05, 4.69) is 20.8 Å². The summed E-state index contributed by atoms with van der Waals surface area (Å²) in [5, 5.41) is 9.32. The number of ether oxygens (including phenoxy) is 1. The largest absolute Gasteiger partial charge is 0.466 e. The Hall–Kier alpha value is -0.570. The molecule has 0 aromatic heterocycles. The Morgan fingerprint density at radius 1 is 1.22 bits per heavy atom. The van der Waals surface area contributed by atoms with Gasteiger partial charge in [-0.25, -0.2) is 0 Å². The first-order valence-electron chi connectivity index (χ1n) is 7.15. The molecule has 0 aliphatic heterocycles. The number of rotatable bonds is 9. The first kappa shape index (κ1) is 17.4. The standard InChI is InChI=1S/C15H30O3/c1-5-18-14(17)9-7-6-8-13(12-16)10-11-15(2,3)4/h13,16H,5-12H2,1-4H3/t13-/m1/s1. The van der Waals surface area contributed by atoms with Gasteiger partial charge in [-0.3, -0.25) is 4.79 Å². The lowest BCUT2D eigenvalue weighted by Crippen LogP contribution is -2.12. The summed E-state index contributed by atoms with van der Waals surface area (Å²) in [5.41, 5.74) is 0.332. The molecule has 0 unspecified atom stereocenters. The third-order valence-corrected chi connectivity index (χ3v) is 3.11. The zero-order chi connectivity index (χ0) is 14.0. The lowest BCUT2D eigenvalue weighted by Gasteiger charge is -2.21. The van der Waals surface area contributed by atoms with Crippen molar-refractivity contribution in [3.8, 4) is 0 Å². The first-order valence-corrected chi connectivity index (χ1v) is 7.15. The normalized spacial score (nSPS) is 13.4. The molecule has 0 aromatic carbocycles. The minimum absolute atomic E-state index is 0.104. The van der Waals surface area contributed by atoms with Crippen LogP contribution in [0.15, 0.2) is 0 Å². The van der Waals surface area contributed by atoms with E-state index in [0.717, 1.165) is 32.1 Å². The van der Waals surface area contributed by atoms with Crippen LogP contribution in [0.4, 0.5) is 0 Å². The Morgan fingerprint density at radius 2 is 1.89 bits per heavy atom. The SMILES string of the molecule is CCOC(=O)CCCC[C@@H](CO)CCC(C)(C)C. The van der Waals surface area contributed by atoms with E-state index in [1.807, 2.05) is 6.92 Å². The Balaban J connectivity index is 3.65. The first-order chi connectivity index (χ1) is 8.39. The molecular weight excluding hydrogens is 228 g/mol. The maximum atomic E-state index is 11.1. The number of hydrogen-bond acceptors (Lipinski definition) is 3. The van der Waals surface area contributed by atoms with Crippen LogP contribution < -0.4 is 0 Å². The molecule has 1 N–H and O–H groups in total. The third kappa shape index (κ3) is 10.6. The van der Waals surface area contributed by atoms with Gasteiger partial charge in [0.05, 0.1) is 6.61 Å². The molecule has 1 atom stereocenters. The molecule has 0 heterocycles. The van der Waals surface area contributed by atoms with Crippen LogP contribution in [0.2, 0.25) is 0 Å². The summed E-state index contributed by atoms with van der Waals surface area (Å²) in [6.07, 6.45) is 5.58. The van der Waals surface area contributed by atoms with E-state index in [0.29, 0.717) is 24.4 Å². The van der Waals surface area contributed by atoms with Gasteiger partial charge in [-0.2, -0.15) is 0 Å². The predicted molar refractivity (Wildman–Crippen MR) is 74.4 cm³/mol. The molecule has 0 fully saturated rings. The molecule has 3 nitrogen and oxygen atoms in total. The van der Waals surface area contributed by atoms with Crippen LogP contribution in [-0.2, 0) is 9.53 Å². The van der Waals surface area contributed by atoms with Crippen LogP contribution in [0.5, 0.6) is 0 Å². The molecule has 0 radical (unpaired) electrons. The lowest BCUT2D eigenvalue weighted by atomic mass is 9.85. The van der Waals surface area contributed by atoms with Gasteiger partial charge in [-0.05, 0) is 43.9 Å². The number of unbranched alkanes of at least 4 members (excludes halogenated alkanes) is 1. The summed E-state index contributed by atoms with van der Waals surface area (Å²) < 4.78 is 4.88. The van der Waals surface area contributed by atoms with Gasteiger partial charge in [0, 0.05) is 13.0 Å². The fourth-order valence-electron chi connectivity index (χ4n) is 1.90. The smallest absolute Gasteiger partial charge is 0.305 e. The molecule has 3 heteroatoms. The van der Waals surface area contributed by atoms with Gasteiger partial charge in [-0.1, -0.05) is 27.2 Å². The van der Waals surface area contributed by atoms with Crippen LogP contribution in [0, 0.1) is 11.3 Å². The topological polar surface area (TPSA) is 46.5 Å². The highest BCUT2D eigenvalue weighted by Gasteiger charge is 2.14. The van der Waals surface area contributed by atoms with Crippen molar-refractivity contribution in [3.63, 3.8) is 0 Å². The molecule has 0 aromatic rings. The van der Waals surface area contributed by atoms with Gasteiger partial charge in [-0.15, -0.1) is 0 Å². The van der Waals surface area contributed by atoms with E-state index in [-0.39, 0.29) is 12.6 Å². The highest BCUT2D eigenvalue weighted by Crippen LogP contribution is 2.25. The molecule has 0 rings (SSSR count). The zero-order valence-electron chi connectivity index (χ0n) is 12.5. The number of hydrogen-bond donors (Lipinski definition) is 1. The zero-order valence-corrected chi connectivity index (χ0v) is 12.5. The number of esters is 1.